The maximum atomic E-state index is 5.06. The Bertz CT molecular complexity index is 164. The minimum atomic E-state index is 0.705. The van der Waals surface area contributed by atoms with Crippen LogP contribution in [0.5, 0.6) is 0 Å². The Morgan fingerprint density at radius 3 is 2.93 bits per heavy atom. The first-order chi connectivity index (χ1) is 7.22. The van der Waals surface area contributed by atoms with Gasteiger partial charge >= 0.3 is 0 Å². The van der Waals surface area contributed by atoms with E-state index in [2.05, 4.69) is 24.2 Å². The van der Waals surface area contributed by atoms with Crippen LogP contribution in [-0.4, -0.2) is 51.3 Å². The number of hydrogen-bond donors (Lipinski definition) is 1. The molecular formula is C12H26N2O. The molecular weight excluding hydrogens is 188 g/mol. The number of ether oxygens (including phenoxy) is 1. The Morgan fingerprint density at radius 2 is 2.27 bits per heavy atom. The Balaban J connectivity index is 2.10. The van der Waals surface area contributed by atoms with Crippen molar-refractivity contribution in [1.82, 2.24) is 10.2 Å². The number of nitrogens with one attached hydrogen (secondary N) is 1. The molecule has 0 aromatic heterocycles. The zero-order valence-electron chi connectivity index (χ0n) is 10.5. The van der Waals surface area contributed by atoms with Gasteiger partial charge in [-0.25, -0.2) is 0 Å². The molecule has 90 valence electrons. The summed E-state index contributed by atoms with van der Waals surface area (Å²) in [5.74, 6) is 0.883. The summed E-state index contributed by atoms with van der Waals surface area (Å²) in [5, 5.41) is 3.50. The first-order valence-electron chi connectivity index (χ1n) is 6.13. The molecule has 0 aliphatic carbocycles. The fourth-order valence-corrected chi connectivity index (χ4v) is 2.41. The van der Waals surface area contributed by atoms with Crippen molar-refractivity contribution in [2.45, 2.75) is 32.2 Å². The largest absolute Gasteiger partial charge is 0.385 e. The lowest BCUT2D eigenvalue weighted by Gasteiger charge is -2.31. The predicted octanol–water partition coefficient (Wildman–Crippen LogP) is 1.34. The third-order valence-corrected chi connectivity index (χ3v) is 3.19. The van der Waals surface area contributed by atoms with Crippen LogP contribution in [0.4, 0.5) is 0 Å². The lowest BCUT2D eigenvalue weighted by atomic mass is 9.93. The molecule has 0 amide bonds. The average Bonchev–Trinajstić information content (AvgIpc) is 2.18. The van der Waals surface area contributed by atoms with E-state index in [-0.39, 0.29) is 0 Å². The second kappa shape index (κ2) is 7.20. The van der Waals surface area contributed by atoms with Crippen LogP contribution in [0.15, 0.2) is 0 Å². The summed E-state index contributed by atoms with van der Waals surface area (Å²) >= 11 is 0. The monoisotopic (exact) mass is 214 g/mol. The summed E-state index contributed by atoms with van der Waals surface area (Å²) in [6.07, 6.45) is 3.81. The molecule has 0 aromatic carbocycles. The summed E-state index contributed by atoms with van der Waals surface area (Å²) in [5.41, 5.74) is 0. The van der Waals surface area contributed by atoms with Gasteiger partial charge in [-0.3, -0.25) is 0 Å². The number of rotatable bonds is 6. The quantitative estimate of drug-likeness (QED) is 0.675. The maximum absolute atomic E-state index is 5.06. The Hall–Kier alpha value is -0.120. The van der Waals surface area contributed by atoms with Crippen LogP contribution in [0.2, 0.25) is 0 Å². The average molecular weight is 214 g/mol. The van der Waals surface area contributed by atoms with Crippen molar-refractivity contribution in [3.8, 4) is 0 Å². The molecule has 0 spiro atoms. The van der Waals surface area contributed by atoms with Gasteiger partial charge in [-0.05, 0) is 45.7 Å². The SMILES string of the molecule is COCCCN(C)CC1CCNC(C)C1. The van der Waals surface area contributed by atoms with E-state index in [1.807, 2.05) is 0 Å². The first-order valence-corrected chi connectivity index (χ1v) is 6.13. The van der Waals surface area contributed by atoms with Gasteiger partial charge in [-0.1, -0.05) is 0 Å². The van der Waals surface area contributed by atoms with Crippen LogP contribution >= 0.6 is 0 Å². The Labute approximate surface area is 94.2 Å². The lowest BCUT2D eigenvalue weighted by Crippen LogP contribution is -2.40. The highest BCUT2D eigenvalue weighted by Gasteiger charge is 2.19. The van der Waals surface area contributed by atoms with Crippen LogP contribution in [0, 0.1) is 5.92 Å². The molecule has 0 saturated carbocycles. The molecule has 0 radical (unpaired) electrons. The minimum absolute atomic E-state index is 0.705. The lowest BCUT2D eigenvalue weighted by molar-refractivity contribution is 0.166. The van der Waals surface area contributed by atoms with Gasteiger partial charge in [0.15, 0.2) is 0 Å². The van der Waals surface area contributed by atoms with Gasteiger partial charge < -0.3 is 15.0 Å². The van der Waals surface area contributed by atoms with E-state index < -0.39 is 0 Å². The van der Waals surface area contributed by atoms with Crippen LogP contribution < -0.4 is 5.32 Å². The molecule has 0 aromatic rings. The van der Waals surface area contributed by atoms with Crippen molar-refractivity contribution >= 4 is 0 Å². The van der Waals surface area contributed by atoms with Crippen LogP contribution in [-0.2, 0) is 4.74 Å². The topological polar surface area (TPSA) is 24.5 Å². The highest BCUT2D eigenvalue weighted by molar-refractivity contribution is 4.76. The van der Waals surface area contributed by atoms with E-state index in [1.54, 1.807) is 7.11 Å². The van der Waals surface area contributed by atoms with Crippen molar-refractivity contribution < 1.29 is 4.74 Å². The molecule has 2 unspecified atom stereocenters. The van der Waals surface area contributed by atoms with E-state index >= 15 is 0 Å². The third-order valence-electron chi connectivity index (χ3n) is 3.19. The van der Waals surface area contributed by atoms with E-state index in [1.165, 1.54) is 25.9 Å². The number of methoxy groups -OCH3 is 1. The summed E-state index contributed by atoms with van der Waals surface area (Å²) in [7, 11) is 4.00. The molecule has 3 nitrogen and oxygen atoms in total. The zero-order chi connectivity index (χ0) is 11.1. The van der Waals surface area contributed by atoms with Gasteiger partial charge in [-0.15, -0.1) is 0 Å². The Morgan fingerprint density at radius 1 is 1.47 bits per heavy atom. The second-order valence-corrected chi connectivity index (χ2v) is 4.85. The highest BCUT2D eigenvalue weighted by atomic mass is 16.5. The van der Waals surface area contributed by atoms with E-state index in [9.17, 15) is 0 Å². The highest BCUT2D eigenvalue weighted by Crippen LogP contribution is 2.16. The number of nitrogens with zero attached hydrogens (tertiary/aromatic N) is 1. The smallest absolute Gasteiger partial charge is 0.0474 e. The molecule has 1 aliphatic rings. The van der Waals surface area contributed by atoms with Gasteiger partial charge in [0.2, 0.25) is 0 Å². The molecule has 1 fully saturated rings. The van der Waals surface area contributed by atoms with Crippen molar-refractivity contribution in [3.63, 3.8) is 0 Å². The van der Waals surface area contributed by atoms with Crippen LogP contribution in [0.25, 0.3) is 0 Å². The fraction of sp³-hybridized carbons (Fsp3) is 1.00. The summed E-state index contributed by atoms with van der Waals surface area (Å²) in [4.78, 5) is 2.45. The minimum Gasteiger partial charge on any atom is -0.385 e. The fourth-order valence-electron chi connectivity index (χ4n) is 2.41. The van der Waals surface area contributed by atoms with Gasteiger partial charge in [0, 0.05) is 32.8 Å². The molecule has 15 heavy (non-hydrogen) atoms. The number of hydrogen-bond acceptors (Lipinski definition) is 3. The summed E-state index contributed by atoms with van der Waals surface area (Å²) in [6.45, 7) is 6.77. The molecule has 1 aliphatic heterocycles. The van der Waals surface area contributed by atoms with E-state index in [0.29, 0.717) is 6.04 Å². The van der Waals surface area contributed by atoms with Crippen molar-refractivity contribution in [2.24, 2.45) is 5.92 Å². The third kappa shape index (κ3) is 5.50. The van der Waals surface area contributed by atoms with E-state index in [0.717, 1.165) is 25.5 Å². The number of piperidine rings is 1. The standard InChI is InChI=1S/C12H26N2O/c1-11-9-12(5-6-13-11)10-14(2)7-4-8-15-3/h11-13H,4-10H2,1-3H3. The first kappa shape index (κ1) is 12.9. The molecule has 0 bridgehead atoms. The Kier molecular flexibility index (Phi) is 6.22. The second-order valence-electron chi connectivity index (χ2n) is 4.85. The molecule has 1 N–H and O–H groups in total. The molecule has 1 saturated heterocycles. The summed E-state index contributed by atoms with van der Waals surface area (Å²) < 4.78 is 5.06. The molecule has 1 rings (SSSR count). The molecule has 3 heteroatoms. The molecule has 2 atom stereocenters. The van der Waals surface area contributed by atoms with Crippen molar-refractivity contribution in [3.05, 3.63) is 0 Å². The normalized spacial score (nSPS) is 27.2. The van der Waals surface area contributed by atoms with Crippen molar-refractivity contribution in [2.75, 3.05) is 40.4 Å². The van der Waals surface area contributed by atoms with E-state index in [4.69, 9.17) is 4.74 Å². The molecule has 1 heterocycles. The van der Waals surface area contributed by atoms with Crippen molar-refractivity contribution in [1.29, 1.82) is 0 Å². The zero-order valence-corrected chi connectivity index (χ0v) is 10.5. The van der Waals surface area contributed by atoms with Gasteiger partial charge in [0.1, 0.15) is 0 Å². The van der Waals surface area contributed by atoms with Crippen LogP contribution in [0.3, 0.4) is 0 Å². The maximum Gasteiger partial charge on any atom is 0.0474 e. The summed E-state index contributed by atoms with van der Waals surface area (Å²) in [6, 6.07) is 0.705. The van der Waals surface area contributed by atoms with Crippen LogP contribution in [0.1, 0.15) is 26.2 Å². The van der Waals surface area contributed by atoms with Gasteiger partial charge in [-0.2, -0.15) is 0 Å². The van der Waals surface area contributed by atoms with Gasteiger partial charge in [0.05, 0.1) is 0 Å². The predicted molar refractivity (Wildman–Crippen MR) is 64.2 cm³/mol. The van der Waals surface area contributed by atoms with Gasteiger partial charge in [0.25, 0.3) is 0 Å².